The molecule has 0 aliphatic carbocycles. The standard InChI is InChI=1S/C25H28ClFN4O3/c26-20-6-3-7-21(27)19(20)16-30-12-9-17(10-13-30)25(22-8-1-2-11-28-22)23(32)31(24(33)29-25)15-18-5-4-14-34-18/h1-3,6-8,11,17-18H,4-5,9-10,12-16H2,(H,29,33). The molecule has 0 saturated carbocycles. The van der Waals surface area contributed by atoms with E-state index >= 15 is 0 Å². The molecule has 7 nitrogen and oxygen atoms in total. The van der Waals surface area contributed by atoms with Crippen molar-refractivity contribution < 1.29 is 18.7 Å². The lowest BCUT2D eigenvalue weighted by Gasteiger charge is -2.40. The summed E-state index contributed by atoms with van der Waals surface area (Å²) in [5.41, 5.74) is -0.174. The summed E-state index contributed by atoms with van der Waals surface area (Å²) in [7, 11) is 0. The summed E-state index contributed by atoms with van der Waals surface area (Å²) in [5.74, 6) is -0.717. The number of nitrogens with zero attached hydrogens (tertiary/aromatic N) is 3. The summed E-state index contributed by atoms with van der Waals surface area (Å²) >= 11 is 6.22. The van der Waals surface area contributed by atoms with Gasteiger partial charge in [0.2, 0.25) is 0 Å². The van der Waals surface area contributed by atoms with E-state index in [2.05, 4.69) is 15.2 Å². The van der Waals surface area contributed by atoms with E-state index in [4.69, 9.17) is 16.3 Å². The maximum atomic E-state index is 14.3. The average Bonchev–Trinajstić information content (AvgIpc) is 3.45. The highest BCUT2D eigenvalue weighted by Gasteiger charge is 2.58. The number of pyridine rings is 1. The molecule has 180 valence electrons. The van der Waals surface area contributed by atoms with Gasteiger partial charge in [-0.3, -0.25) is 19.6 Å². The number of ether oxygens (including phenoxy) is 1. The van der Waals surface area contributed by atoms with Crippen molar-refractivity contribution in [3.63, 3.8) is 0 Å². The maximum absolute atomic E-state index is 14.3. The van der Waals surface area contributed by atoms with Crippen molar-refractivity contribution in [2.45, 2.75) is 43.9 Å². The van der Waals surface area contributed by atoms with Crippen molar-refractivity contribution in [2.75, 3.05) is 26.2 Å². The predicted molar refractivity (Wildman–Crippen MR) is 125 cm³/mol. The molecule has 1 N–H and O–H groups in total. The van der Waals surface area contributed by atoms with Crippen LogP contribution >= 0.6 is 11.6 Å². The van der Waals surface area contributed by atoms with Gasteiger partial charge in [0.15, 0.2) is 5.54 Å². The zero-order chi connectivity index (χ0) is 23.7. The number of carbonyl (C=O) groups excluding carboxylic acids is 2. The molecule has 5 rings (SSSR count). The summed E-state index contributed by atoms with van der Waals surface area (Å²) in [5, 5.41) is 3.44. The Kier molecular flexibility index (Phi) is 6.55. The first-order valence-corrected chi connectivity index (χ1v) is 12.2. The van der Waals surface area contributed by atoms with Crippen molar-refractivity contribution in [1.82, 2.24) is 20.1 Å². The fourth-order valence-electron chi connectivity index (χ4n) is 5.44. The van der Waals surface area contributed by atoms with Crippen LogP contribution in [0.3, 0.4) is 0 Å². The van der Waals surface area contributed by atoms with Gasteiger partial charge in [0.1, 0.15) is 5.82 Å². The average molecular weight is 487 g/mol. The zero-order valence-corrected chi connectivity index (χ0v) is 19.6. The Hall–Kier alpha value is -2.55. The smallest absolute Gasteiger partial charge is 0.325 e. The van der Waals surface area contributed by atoms with E-state index in [0.717, 1.165) is 12.8 Å². The summed E-state index contributed by atoms with van der Waals surface area (Å²) < 4.78 is 20.0. The number of nitrogens with one attached hydrogen (secondary N) is 1. The minimum Gasteiger partial charge on any atom is -0.376 e. The largest absolute Gasteiger partial charge is 0.376 e. The highest BCUT2D eigenvalue weighted by Crippen LogP contribution is 2.41. The molecule has 2 atom stereocenters. The number of aromatic nitrogens is 1. The van der Waals surface area contributed by atoms with Crippen LogP contribution in [0.5, 0.6) is 0 Å². The van der Waals surface area contributed by atoms with Gasteiger partial charge in [-0.05, 0) is 69.0 Å². The Bertz CT molecular complexity index is 1040. The van der Waals surface area contributed by atoms with Crippen molar-refractivity contribution in [1.29, 1.82) is 0 Å². The van der Waals surface area contributed by atoms with Gasteiger partial charge in [-0.15, -0.1) is 0 Å². The molecular formula is C25H28ClFN4O3. The van der Waals surface area contributed by atoms with E-state index < -0.39 is 11.6 Å². The number of urea groups is 1. The molecule has 1 aromatic heterocycles. The summed E-state index contributed by atoms with van der Waals surface area (Å²) in [6.45, 7) is 2.62. The lowest BCUT2D eigenvalue weighted by molar-refractivity contribution is -0.135. The highest BCUT2D eigenvalue weighted by atomic mass is 35.5. The van der Waals surface area contributed by atoms with E-state index in [-0.39, 0.29) is 30.3 Å². The molecule has 0 spiro atoms. The number of hydrogen-bond donors (Lipinski definition) is 1. The fraction of sp³-hybridized carbons (Fsp3) is 0.480. The van der Waals surface area contributed by atoms with E-state index in [1.54, 1.807) is 30.5 Å². The quantitative estimate of drug-likeness (QED) is 0.630. The van der Waals surface area contributed by atoms with Gasteiger partial charge < -0.3 is 10.1 Å². The molecule has 0 bridgehead atoms. The second-order valence-electron chi connectivity index (χ2n) is 9.25. The minimum atomic E-state index is -1.21. The molecule has 4 heterocycles. The molecule has 3 aliphatic rings. The lowest BCUT2D eigenvalue weighted by Crippen LogP contribution is -2.54. The SMILES string of the molecule is O=C1NC(c2ccccn2)(C2CCN(Cc3c(F)cccc3Cl)CC2)C(=O)N1CC1CCCO1. The van der Waals surface area contributed by atoms with Gasteiger partial charge in [0.25, 0.3) is 5.91 Å². The van der Waals surface area contributed by atoms with E-state index in [9.17, 15) is 14.0 Å². The first-order chi connectivity index (χ1) is 16.5. The number of hydrogen-bond acceptors (Lipinski definition) is 5. The molecule has 9 heteroatoms. The maximum Gasteiger partial charge on any atom is 0.325 e. The Balaban J connectivity index is 1.36. The molecule has 3 saturated heterocycles. The predicted octanol–water partition coefficient (Wildman–Crippen LogP) is 3.71. The first kappa shape index (κ1) is 23.2. The van der Waals surface area contributed by atoms with Crippen LogP contribution in [0.4, 0.5) is 9.18 Å². The summed E-state index contributed by atoms with van der Waals surface area (Å²) in [6.07, 6.45) is 4.61. The first-order valence-electron chi connectivity index (χ1n) is 11.8. The number of imide groups is 1. The molecular weight excluding hydrogens is 459 g/mol. The van der Waals surface area contributed by atoms with Crippen LogP contribution in [0.15, 0.2) is 42.6 Å². The Morgan fingerprint density at radius 2 is 1.97 bits per heavy atom. The number of rotatable bonds is 6. The third-order valence-electron chi connectivity index (χ3n) is 7.25. The van der Waals surface area contributed by atoms with Crippen LogP contribution in [0.1, 0.15) is 36.9 Å². The third kappa shape index (κ3) is 4.19. The van der Waals surface area contributed by atoms with E-state index in [1.165, 1.54) is 11.0 Å². The number of halogens is 2. The number of amides is 3. The van der Waals surface area contributed by atoms with Crippen LogP contribution in [-0.4, -0.2) is 59.1 Å². The van der Waals surface area contributed by atoms with Gasteiger partial charge in [-0.1, -0.05) is 23.7 Å². The van der Waals surface area contributed by atoms with Gasteiger partial charge in [-0.25, -0.2) is 9.18 Å². The van der Waals surface area contributed by atoms with Crippen LogP contribution in [0.2, 0.25) is 5.02 Å². The molecule has 0 radical (unpaired) electrons. The summed E-state index contributed by atoms with van der Waals surface area (Å²) in [6, 6.07) is 9.74. The fourth-order valence-corrected chi connectivity index (χ4v) is 5.66. The topological polar surface area (TPSA) is 74.8 Å². The summed E-state index contributed by atoms with van der Waals surface area (Å²) in [4.78, 5) is 34.8. The van der Waals surface area contributed by atoms with E-state index in [0.29, 0.717) is 55.4 Å². The highest BCUT2D eigenvalue weighted by molar-refractivity contribution is 6.31. The monoisotopic (exact) mass is 486 g/mol. The number of likely N-dealkylation sites (tertiary alicyclic amines) is 1. The Morgan fingerprint density at radius 1 is 1.15 bits per heavy atom. The normalized spacial score (nSPS) is 26.3. The van der Waals surface area contributed by atoms with Crippen LogP contribution in [0.25, 0.3) is 0 Å². The van der Waals surface area contributed by atoms with Gasteiger partial charge in [0, 0.05) is 29.9 Å². The molecule has 2 unspecified atom stereocenters. The number of carbonyl (C=O) groups is 2. The van der Waals surface area contributed by atoms with Crippen LogP contribution < -0.4 is 5.32 Å². The molecule has 2 aromatic rings. The molecule has 34 heavy (non-hydrogen) atoms. The van der Waals surface area contributed by atoms with Gasteiger partial charge in [-0.2, -0.15) is 0 Å². The Morgan fingerprint density at radius 3 is 2.65 bits per heavy atom. The minimum absolute atomic E-state index is 0.124. The number of benzene rings is 1. The molecule has 3 fully saturated rings. The van der Waals surface area contributed by atoms with E-state index in [1.807, 2.05) is 6.07 Å². The second-order valence-corrected chi connectivity index (χ2v) is 9.66. The van der Waals surface area contributed by atoms with Crippen molar-refractivity contribution in [2.24, 2.45) is 5.92 Å². The van der Waals surface area contributed by atoms with Crippen LogP contribution in [0, 0.1) is 11.7 Å². The van der Waals surface area contributed by atoms with Gasteiger partial charge in [0.05, 0.1) is 18.3 Å². The van der Waals surface area contributed by atoms with Crippen molar-refractivity contribution >= 4 is 23.5 Å². The Labute approximate surface area is 203 Å². The van der Waals surface area contributed by atoms with Crippen molar-refractivity contribution in [3.05, 3.63) is 64.7 Å². The third-order valence-corrected chi connectivity index (χ3v) is 7.61. The molecule has 3 amide bonds. The molecule has 1 aromatic carbocycles. The van der Waals surface area contributed by atoms with Crippen molar-refractivity contribution in [3.8, 4) is 0 Å². The van der Waals surface area contributed by atoms with Crippen LogP contribution in [-0.2, 0) is 21.6 Å². The number of piperidine rings is 1. The molecule has 3 aliphatic heterocycles. The van der Waals surface area contributed by atoms with Gasteiger partial charge >= 0.3 is 6.03 Å². The lowest BCUT2D eigenvalue weighted by atomic mass is 9.75. The second kappa shape index (κ2) is 9.60. The zero-order valence-electron chi connectivity index (χ0n) is 18.9.